The standard InChI is InChI=1S/C18H40Si2/c1-8-10-12-15-19(4,5)17-14-18(3)20(6,7)16-13-11-9-2/h14,17-18H,8-13,15-16H2,1-7H3/b17-14-. The average molecular weight is 313 g/mol. The summed E-state index contributed by atoms with van der Waals surface area (Å²) in [5.41, 5.74) is 3.50. The molecule has 0 N–H and O–H groups in total. The Morgan fingerprint density at radius 2 is 1.30 bits per heavy atom. The molecule has 0 saturated heterocycles. The van der Waals surface area contributed by atoms with E-state index in [9.17, 15) is 0 Å². The highest BCUT2D eigenvalue weighted by atomic mass is 28.3. The molecule has 0 aromatic rings. The summed E-state index contributed by atoms with van der Waals surface area (Å²) < 4.78 is 0. The average Bonchev–Trinajstić information content (AvgIpc) is 2.36. The summed E-state index contributed by atoms with van der Waals surface area (Å²) in [7, 11) is -2.13. The molecule has 2 heteroatoms. The van der Waals surface area contributed by atoms with Gasteiger partial charge in [-0.2, -0.15) is 0 Å². The third kappa shape index (κ3) is 9.17. The molecule has 0 nitrogen and oxygen atoms in total. The maximum Gasteiger partial charge on any atom is 0.0713 e. The van der Waals surface area contributed by atoms with Gasteiger partial charge in [0, 0.05) is 0 Å². The predicted octanol–water partition coefficient (Wildman–Crippen LogP) is 7.27. The van der Waals surface area contributed by atoms with Crippen LogP contribution in [0.3, 0.4) is 0 Å². The quantitative estimate of drug-likeness (QED) is 0.278. The number of hydrogen-bond acceptors (Lipinski definition) is 0. The zero-order chi connectivity index (χ0) is 15.6. The maximum atomic E-state index is 2.65. The summed E-state index contributed by atoms with van der Waals surface area (Å²) in [5, 5.41) is 0. The van der Waals surface area contributed by atoms with Crippen LogP contribution in [0.1, 0.15) is 59.3 Å². The van der Waals surface area contributed by atoms with Crippen LogP contribution >= 0.6 is 0 Å². The minimum absolute atomic E-state index is 0.845. The molecule has 0 saturated carbocycles. The molecule has 0 radical (unpaired) electrons. The molecule has 0 fully saturated rings. The first-order valence-electron chi connectivity index (χ1n) is 8.94. The van der Waals surface area contributed by atoms with Crippen molar-refractivity contribution in [2.45, 2.75) is 103 Å². The van der Waals surface area contributed by atoms with E-state index in [0.29, 0.717) is 0 Å². The summed E-state index contributed by atoms with van der Waals surface area (Å²) in [5.74, 6) is 0. The van der Waals surface area contributed by atoms with Gasteiger partial charge in [-0.05, 0) is 5.54 Å². The first-order valence-corrected chi connectivity index (χ1v) is 15.5. The van der Waals surface area contributed by atoms with E-state index in [2.05, 4.69) is 58.7 Å². The lowest BCUT2D eigenvalue weighted by Gasteiger charge is -2.29. The van der Waals surface area contributed by atoms with Crippen molar-refractivity contribution in [2.75, 3.05) is 0 Å². The van der Waals surface area contributed by atoms with Gasteiger partial charge in [0.05, 0.1) is 16.1 Å². The topological polar surface area (TPSA) is 0 Å². The van der Waals surface area contributed by atoms with Gasteiger partial charge in [0.2, 0.25) is 0 Å². The fraction of sp³-hybridized carbons (Fsp3) is 0.889. The number of unbranched alkanes of at least 4 members (excludes halogenated alkanes) is 4. The summed E-state index contributed by atoms with van der Waals surface area (Å²) in [6.07, 6.45) is 11.0. The van der Waals surface area contributed by atoms with E-state index in [1.165, 1.54) is 50.6 Å². The van der Waals surface area contributed by atoms with Crippen molar-refractivity contribution in [1.82, 2.24) is 0 Å². The van der Waals surface area contributed by atoms with E-state index in [1.807, 2.05) is 0 Å². The normalized spacial score (nSPS) is 14.9. The minimum atomic E-state index is -1.08. The van der Waals surface area contributed by atoms with E-state index in [4.69, 9.17) is 0 Å². The Balaban J connectivity index is 4.32. The van der Waals surface area contributed by atoms with Crippen molar-refractivity contribution in [3.63, 3.8) is 0 Å². The third-order valence-corrected chi connectivity index (χ3v) is 12.0. The molecule has 0 aromatic carbocycles. The molecule has 1 atom stereocenters. The molecule has 0 aromatic heterocycles. The number of rotatable bonds is 11. The minimum Gasteiger partial charge on any atom is -0.0987 e. The largest absolute Gasteiger partial charge is 0.0987 e. The molecule has 1 unspecified atom stereocenters. The van der Waals surface area contributed by atoms with Crippen LogP contribution in [0.4, 0.5) is 0 Å². The fourth-order valence-electron chi connectivity index (χ4n) is 2.64. The molecule has 0 spiro atoms. The van der Waals surface area contributed by atoms with Gasteiger partial charge in [-0.25, -0.2) is 0 Å². The fourth-order valence-corrected chi connectivity index (χ4v) is 7.20. The molecule has 0 aliphatic carbocycles. The second-order valence-corrected chi connectivity index (χ2v) is 18.2. The second-order valence-electron chi connectivity index (χ2n) is 8.04. The lowest BCUT2D eigenvalue weighted by Crippen LogP contribution is -2.30. The smallest absolute Gasteiger partial charge is 0.0713 e. The highest BCUT2D eigenvalue weighted by Gasteiger charge is 2.26. The highest BCUT2D eigenvalue weighted by Crippen LogP contribution is 2.30. The Hall–Kier alpha value is 0.174. The van der Waals surface area contributed by atoms with Gasteiger partial charge in [-0.3, -0.25) is 0 Å². The van der Waals surface area contributed by atoms with E-state index in [0.717, 1.165) is 5.54 Å². The zero-order valence-electron chi connectivity index (χ0n) is 15.4. The van der Waals surface area contributed by atoms with E-state index >= 15 is 0 Å². The van der Waals surface area contributed by atoms with Gasteiger partial charge in [0.15, 0.2) is 0 Å². The van der Waals surface area contributed by atoms with Crippen molar-refractivity contribution in [3.8, 4) is 0 Å². The van der Waals surface area contributed by atoms with Crippen molar-refractivity contribution < 1.29 is 0 Å². The molecule has 0 heterocycles. The van der Waals surface area contributed by atoms with Gasteiger partial charge in [-0.1, -0.05) is 109 Å². The van der Waals surface area contributed by atoms with Gasteiger partial charge < -0.3 is 0 Å². The van der Waals surface area contributed by atoms with Crippen LogP contribution in [-0.4, -0.2) is 16.1 Å². The van der Waals surface area contributed by atoms with Crippen LogP contribution in [0.25, 0.3) is 0 Å². The Labute approximate surface area is 131 Å². The third-order valence-electron chi connectivity index (χ3n) is 4.92. The van der Waals surface area contributed by atoms with E-state index < -0.39 is 16.1 Å². The van der Waals surface area contributed by atoms with Crippen molar-refractivity contribution in [3.05, 3.63) is 11.8 Å². The molecule has 20 heavy (non-hydrogen) atoms. The van der Waals surface area contributed by atoms with Crippen LogP contribution < -0.4 is 0 Å². The highest BCUT2D eigenvalue weighted by molar-refractivity contribution is 6.83. The van der Waals surface area contributed by atoms with E-state index in [1.54, 1.807) is 0 Å². The van der Waals surface area contributed by atoms with Crippen LogP contribution in [0.15, 0.2) is 11.8 Å². The predicted molar refractivity (Wildman–Crippen MR) is 102 cm³/mol. The van der Waals surface area contributed by atoms with Crippen LogP contribution in [-0.2, 0) is 0 Å². The molecule has 0 aliphatic heterocycles. The number of allylic oxidation sites excluding steroid dienone is 1. The summed E-state index contributed by atoms with van der Waals surface area (Å²) in [4.78, 5) is 0. The van der Waals surface area contributed by atoms with Gasteiger partial charge >= 0.3 is 0 Å². The van der Waals surface area contributed by atoms with Gasteiger partial charge in [0.1, 0.15) is 0 Å². The summed E-state index contributed by atoms with van der Waals surface area (Å²) >= 11 is 0. The van der Waals surface area contributed by atoms with Crippen molar-refractivity contribution >= 4 is 16.1 Å². The van der Waals surface area contributed by atoms with Crippen molar-refractivity contribution in [1.29, 1.82) is 0 Å². The van der Waals surface area contributed by atoms with E-state index in [-0.39, 0.29) is 0 Å². The molecular weight excluding hydrogens is 272 g/mol. The summed E-state index contributed by atoms with van der Waals surface area (Å²) in [6.45, 7) is 17.3. The van der Waals surface area contributed by atoms with Gasteiger partial charge in [0.25, 0.3) is 0 Å². The molecule has 0 aliphatic rings. The molecule has 120 valence electrons. The Bertz CT molecular complexity index is 267. The molecule has 0 rings (SSSR count). The summed E-state index contributed by atoms with van der Waals surface area (Å²) in [6, 6.07) is 2.98. The molecule has 0 amide bonds. The van der Waals surface area contributed by atoms with Crippen molar-refractivity contribution in [2.24, 2.45) is 0 Å². The first kappa shape index (κ1) is 20.2. The molecule has 0 bridgehead atoms. The maximum absolute atomic E-state index is 2.65. The number of hydrogen-bond donors (Lipinski definition) is 0. The zero-order valence-corrected chi connectivity index (χ0v) is 17.4. The lowest BCUT2D eigenvalue weighted by molar-refractivity contribution is 0.758. The second kappa shape index (κ2) is 9.99. The first-order chi connectivity index (χ1) is 9.25. The van der Waals surface area contributed by atoms with Crippen LogP contribution in [0.2, 0.25) is 43.8 Å². The Morgan fingerprint density at radius 1 is 0.800 bits per heavy atom. The monoisotopic (exact) mass is 312 g/mol. The van der Waals surface area contributed by atoms with Crippen LogP contribution in [0.5, 0.6) is 0 Å². The SMILES string of the molecule is CCCCC[Si](C)(C)/C=C\C(C)[Si](C)(C)CCCCC. The lowest BCUT2D eigenvalue weighted by atomic mass is 10.3. The van der Waals surface area contributed by atoms with Gasteiger partial charge in [-0.15, -0.1) is 0 Å². The molecular formula is C18H40Si2. The Morgan fingerprint density at radius 3 is 1.80 bits per heavy atom. The van der Waals surface area contributed by atoms with Crippen LogP contribution in [0, 0.1) is 0 Å². The Kier molecular flexibility index (Phi) is 10.1.